The van der Waals surface area contributed by atoms with Gasteiger partial charge in [-0.05, 0) is 56.3 Å². The molecule has 4 atom stereocenters. The summed E-state index contributed by atoms with van der Waals surface area (Å²) in [6, 6.07) is 11.4. The van der Waals surface area contributed by atoms with Gasteiger partial charge in [0.05, 0.1) is 5.69 Å². The highest BCUT2D eigenvalue weighted by Crippen LogP contribution is 2.42. The molecule has 1 aromatic carbocycles. The first-order valence-corrected chi connectivity index (χ1v) is 12.8. The summed E-state index contributed by atoms with van der Waals surface area (Å²) >= 11 is 0. The number of amides is 1. The number of rotatable bonds is 6. The molecule has 2 bridgehead atoms. The highest BCUT2D eigenvalue weighted by Gasteiger charge is 2.42. The fourth-order valence-corrected chi connectivity index (χ4v) is 6.31. The highest BCUT2D eigenvalue weighted by molar-refractivity contribution is 5.78. The zero-order valence-corrected chi connectivity index (χ0v) is 20.5. The number of aryl methyl sites for hydroxylation is 1. The number of nitrogens with one attached hydrogen (secondary N) is 1. The van der Waals surface area contributed by atoms with Crippen LogP contribution in [0.1, 0.15) is 56.6 Å². The van der Waals surface area contributed by atoms with Crippen molar-refractivity contribution in [3.63, 3.8) is 0 Å². The van der Waals surface area contributed by atoms with Gasteiger partial charge in [0.15, 0.2) is 0 Å². The van der Waals surface area contributed by atoms with E-state index >= 15 is 0 Å². The number of aromatic nitrogens is 2. The molecule has 178 valence electrons. The van der Waals surface area contributed by atoms with Crippen LogP contribution in [0.4, 0.5) is 5.69 Å². The van der Waals surface area contributed by atoms with Gasteiger partial charge in [0.25, 0.3) is 0 Å². The van der Waals surface area contributed by atoms with Crippen molar-refractivity contribution in [2.75, 3.05) is 38.6 Å². The van der Waals surface area contributed by atoms with Gasteiger partial charge in [-0.15, -0.1) is 0 Å². The molecule has 4 aliphatic rings. The summed E-state index contributed by atoms with van der Waals surface area (Å²) in [7, 11) is 6.22. The zero-order chi connectivity index (χ0) is 22.9. The van der Waals surface area contributed by atoms with Crippen molar-refractivity contribution in [2.45, 2.75) is 56.9 Å². The minimum absolute atomic E-state index is 0.252. The van der Waals surface area contributed by atoms with Gasteiger partial charge in [-0.25, -0.2) is 0 Å². The maximum absolute atomic E-state index is 12.6. The quantitative estimate of drug-likeness (QED) is 0.724. The summed E-state index contributed by atoms with van der Waals surface area (Å²) in [6.45, 7) is 3.04. The van der Waals surface area contributed by atoms with E-state index in [9.17, 15) is 4.79 Å². The Morgan fingerprint density at radius 2 is 1.88 bits per heavy atom. The summed E-state index contributed by atoms with van der Waals surface area (Å²) < 4.78 is 2.10. The lowest BCUT2D eigenvalue weighted by Crippen LogP contribution is -2.56. The SMILES string of the molecule is CN(C)c1ccc(-c2cc([C@H]3CN4CC[C@H]3C[C@@H]4CNC(=O)C3CCCCC3)n(C)n2)cc1. The van der Waals surface area contributed by atoms with Crippen molar-refractivity contribution in [3.05, 3.63) is 36.0 Å². The van der Waals surface area contributed by atoms with Crippen molar-refractivity contribution in [1.82, 2.24) is 20.0 Å². The maximum atomic E-state index is 12.6. The number of anilines is 1. The average Bonchev–Trinajstić information content (AvgIpc) is 3.25. The van der Waals surface area contributed by atoms with Crippen LogP contribution in [0.5, 0.6) is 0 Å². The fraction of sp³-hybridized carbons (Fsp3) is 0.630. The fourth-order valence-electron chi connectivity index (χ4n) is 6.31. The molecule has 0 spiro atoms. The molecule has 2 aromatic rings. The van der Waals surface area contributed by atoms with E-state index in [-0.39, 0.29) is 5.92 Å². The third kappa shape index (κ3) is 4.68. The Hall–Kier alpha value is -2.34. The molecule has 1 N–H and O–H groups in total. The number of piperidine rings is 3. The van der Waals surface area contributed by atoms with Crippen LogP contribution in [-0.2, 0) is 11.8 Å². The second kappa shape index (κ2) is 9.49. The van der Waals surface area contributed by atoms with Gasteiger partial charge in [-0.2, -0.15) is 5.10 Å². The Bertz CT molecular complexity index is 959. The molecule has 1 saturated carbocycles. The summed E-state index contributed by atoms with van der Waals surface area (Å²) in [5.41, 5.74) is 4.78. The average molecular weight is 450 g/mol. The van der Waals surface area contributed by atoms with E-state index in [1.807, 2.05) is 0 Å². The number of fused-ring (bicyclic) bond motifs is 3. The minimum Gasteiger partial charge on any atom is -0.378 e. The summed E-state index contributed by atoms with van der Waals surface area (Å²) in [5, 5.41) is 8.18. The topological polar surface area (TPSA) is 53.4 Å². The highest BCUT2D eigenvalue weighted by atomic mass is 16.1. The van der Waals surface area contributed by atoms with E-state index < -0.39 is 0 Å². The van der Waals surface area contributed by atoms with Crippen molar-refractivity contribution in [1.29, 1.82) is 0 Å². The largest absolute Gasteiger partial charge is 0.378 e. The number of carbonyl (C=O) groups is 1. The smallest absolute Gasteiger partial charge is 0.223 e. The van der Waals surface area contributed by atoms with Crippen LogP contribution >= 0.6 is 0 Å². The van der Waals surface area contributed by atoms with Crippen LogP contribution in [-0.4, -0.2) is 60.4 Å². The second-order valence-corrected chi connectivity index (χ2v) is 10.6. The standard InChI is InChI=1S/C27H39N5O/c1-30(2)22-11-9-19(10-12-22)25-16-26(31(3)29-25)24-18-32-14-13-21(24)15-23(32)17-28-27(33)20-7-5-4-6-8-20/h9-12,16,20-21,23-24H,4-8,13-15,17-18H2,1-3H3,(H,28,33)/t21-,23+,24-/m0/s1. The van der Waals surface area contributed by atoms with Crippen molar-refractivity contribution in [3.8, 4) is 11.3 Å². The maximum Gasteiger partial charge on any atom is 0.223 e. The monoisotopic (exact) mass is 449 g/mol. The van der Waals surface area contributed by atoms with E-state index in [2.05, 4.69) is 71.3 Å². The molecule has 1 aromatic heterocycles. The van der Waals surface area contributed by atoms with Crippen LogP contribution in [0.15, 0.2) is 30.3 Å². The summed E-state index contributed by atoms with van der Waals surface area (Å²) in [6.07, 6.45) is 8.29. The molecule has 1 unspecified atom stereocenters. The molecule has 1 aliphatic carbocycles. The van der Waals surface area contributed by atoms with E-state index in [0.717, 1.165) is 38.2 Å². The first-order chi connectivity index (χ1) is 16.0. The molecule has 3 aliphatic heterocycles. The lowest BCUT2D eigenvalue weighted by Gasteiger charge is -2.50. The normalized spacial score (nSPS) is 27.5. The number of hydrogen-bond acceptors (Lipinski definition) is 4. The third-order valence-electron chi connectivity index (χ3n) is 8.34. The van der Waals surface area contributed by atoms with Gasteiger partial charge in [-0.3, -0.25) is 14.4 Å². The molecule has 4 heterocycles. The molecular weight excluding hydrogens is 410 g/mol. The lowest BCUT2D eigenvalue weighted by molar-refractivity contribution is -0.126. The van der Waals surface area contributed by atoms with Crippen LogP contribution < -0.4 is 10.2 Å². The van der Waals surface area contributed by atoms with Crippen LogP contribution in [0.3, 0.4) is 0 Å². The van der Waals surface area contributed by atoms with E-state index in [1.165, 1.54) is 49.0 Å². The van der Waals surface area contributed by atoms with Crippen LogP contribution in [0, 0.1) is 11.8 Å². The summed E-state index contributed by atoms with van der Waals surface area (Å²) in [5.74, 6) is 1.75. The Morgan fingerprint density at radius 3 is 2.55 bits per heavy atom. The molecular formula is C27H39N5O. The van der Waals surface area contributed by atoms with Gasteiger partial charge in [0.1, 0.15) is 0 Å². The molecule has 6 rings (SSSR count). The van der Waals surface area contributed by atoms with Crippen molar-refractivity contribution < 1.29 is 4.79 Å². The number of benzene rings is 1. The van der Waals surface area contributed by atoms with E-state index in [0.29, 0.717) is 23.8 Å². The first-order valence-electron chi connectivity index (χ1n) is 12.8. The number of carbonyl (C=O) groups excluding carboxylic acids is 1. The molecule has 3 saturated heterocycles. The zero-order valence-electron chi connectivity index (χ0n) is 20.5. The van der Waals surface area contributed by atoms with E-state index in [4.69, 9.17) is 5.10 Å². The van der Waals surface area contributed by atoms with Gasteiger partial charge in [0.2, 0.25) is 5.91 Å². The Kier molecular flexibility index (Phi) is 6.46. The molecule has 6 heteroatoms. The number of nitrogens with zero attached hydrogens (tertiary/aromatic N) is 4. The predicted octanol–water partition coefficient (Wildman–Crippen LogP) is 4.03. The van der Waals surface area contributed by atoms with E-state index in [1.54, 1.807) is 0 Å². The first kappa shape index (κ1) is 22.5. The van der Waals surface area contributed by atoms with Gasteiger partial charge >= 0.3 is 0 Å². The van der Waals surface area contributed by atoms with Gasteiger partial charge in [-0.1, -0.05) is 31.4 Å². The lowest BCUT2D eigenvalue weighted by atomic mass is 9.74. The third-order valence-corrected chi connectivity index (χ3v) is 8.34. The van der Waals surface area contributed by atoms with Crippen LogP contribution in [0.25, 0.3) is 11.3 Å². The predicted molar refractivity (Wildman–Crippen MR) is 133 cm³/mol. The second-order valence-electron chi connectivity index (χ2n) is 10.6. The molecule has 33 heavy (non-hydrogen) atoms. The Morgan fingerprint density at radius 1 is 1.12 bits per heavy atom. The number of hydrogen-bond donors (Lipinski definition) is 1. The Balaban J connectivity index is 1.23. The molecule has 4 fully saturated rings. The molecule has 6 nitrogen and oxygen atoms in total. The molecule has 1 amide bonds. The summed E-state index contributed by atoms with van der Waals surface area (Å²) in [4.78, 5) is 17.4. The minimum atomic E-state index is 0.252. The van der Waals surface area contributed by atoms with Crippen LogP contribution in [0.2, 0.25) is 0 Å². The van der Waals surface area contributed by atoms with Crippen molar-refractivity contribution in [2.24, 2.45) is 18.9 Å². The van der Waals surface area contributed by atoms with Crippen molar-refractivity contribution >= 4 is 11.6 Å². The Labute approximate surface area is 198 Å². The van der Waals surface area contributed by atoms with Gasteiger partial charge < -0.3 is 10.2 Å². The van der Waals surface area contributed by atoms with Gasteiger partial charge in [0, 0.05) is 69.1 Å². The molecule has 0 radical (unpaired) electrons.